The van der Waals surface area contributed by atoms with Gasteiger partial charge >= 0.3 is 5.97 Å². The Morgan fingerprint density at radius 3 is 2.33 bits per heavy atom. The number of aliphatic hydroxyl groups is 1. The summed E-state index contributed by atoms with van der Waals surface area (Å²) in [6, 6.07) is 5.53. The predicted octanol–water partition coefficient (Wildman–Crippen LogP) is 3.91. The molecule has 1 aromatic rings. The number of esters is 1. The Morgan fingerprint density at radius 1 is 1.00 bits per heavy atom. The molecule has 1 rings (SSSR count). The number of hydrogen-bond acceptors (Lipinski definition) is 8. The number of carbonyl (C=O) groups excluding carboxylic acids is 2. The zero-order valence-electron chi connectivity index (χ0n) is 24.6. The van der Waals surface area contributed by atoms with Crippen LogP contribution in [-0.4, -0.2) is 69.7 Å². The van der Waals surface area contributed by atoms with Gasteiger partial charge in [-0.25, -0.2) is 0 Å². The Labute approximate surface area is 240 Å². The van der Waals surface area contributed by atoms with Gasteiger partial charge in [0.1, 0.15) is 0 Å². The third-order valence-electron chi connectivity index (χ3n) is 6.71. The third-order valence-corrected chi connectivity index (χ3v) is 6.71. The van der Waals surface area contributed by atoms with Gasteiger partial charge in [0, 0.05) is 45.6 Å². The molecule has 0 radical (unpaired) electrons. The molecular weight excluding hydrogens is 524 g/mol. The van der Waals surface area contributed by atoms with Crippen molar-refractivity contribution >= 4 is 24.3 Å². The van der Waals surface area contributed by atoms with E-state index in [1.807, 2.05) is 18.2 Å². The number of halogens is 1. The zero-order valence-corrected chi connectivity index (χ0v) is 25.4. The minimum atomic E-state index is -0.781. The average Bonchev–Trinajstić information content (AvgIpc) is 2.87. The number of nitrogens with two attached hydrogens (primary N) is 1. The Bertz CT molecular complexity index is 825. The van der Waals surface area contributed by atoms with E-state index in [9.17, 15) is 14.7 Å². The first kappa shape index (κ1) is 36.9. The van der Waals surface area contributed by atoms with Crippen LogP contribution in [0.5, 0.6) is 11.5 Å². The summed E-state index contributed by atoms with van der Waals surface area (Å²) >= 11 is 0. The van der Waals surface area contributed by atoms with Gasteiger partial charge in [0.15, 0.2) is 11.5 Å². The first-order valence-electron chi connectivity index (χ1n) is 13.7. The van der Waals surface area contributed by atoms with E-state index in [0.29, 0.717) is 63.0 Å². The van der Waals surface area contributed by atoms with Gasteiger partial charge in [-0.2, -0.15) is 0 Å². The van der Waals surface area contributed by atoms with E-state index >= 15 is 0 Å². The van der Waals surface area contributed by atoms with E-state index in [1.165, 1.54) is 6.92 Å². The second-order valence-corrected chi connectivity index (χ2v) is 10.3. The fourth-order valence-electron chi connectivity index (χ4n) is 4.22. The van der Waals surface area contributed by atoms with E-state index in [1.54, 1.807) is 21.1 Å². The number of carbonyl (C=O) groups is 2. The summed E-state index contributed by atoms with van der Waals surface area (Å²) in [7, 11) is 3.30. The fraction of sp³-hybridized carbons (Fsp3) is 0.724. The molecule has 0 spiro atoms. The van der Waals surface area contributed by atoms with Crippen molar-refractivity contribution in [3.63, 3.8) is 0 Å². The lowest BCUT2D eigenvalue weighted by Crippen LogP contribution is -2.41. The molecule has 0 aliphatic carbocycles. The summed E-state index contributed by atoms with van der Waals surface area (Å²) in [6.45, 7) is 9.52. The molecule has 1 amide bonds. The van der Waals surface area contributed by atoms with Gasteiger partial charge in [0.05, 0.1) is 26.4 Å². The quantitative estimate of drug-likeness (QED) is 0.158. The van der Waals surface area contributed by atoms with Crippen molar-refractivity contribution in [2.24, 2.45) is 23.5 Å². The summed E-state index contributed by atoms with van der Waals surface area (Å²) in [4.78, 5) is 23.2. The van der Waals surface area contributed by atoms with Crippen molar-refractivity contribution in [3.8, 4) is 11.5 Å². The molecule has 0 saturated carbocycles. The molecule has 226 valence electrons. The summed E-state index contributed by atoms with van der Waals surface area (Å²) in [5.74, 6) is 1.23. The smallest absolute Gasteiger partial charge is 0.302 e. The van der Waals surface area contributed by atoms with Crippen LogP contribution >= 0.6 is 12.4 Å². The molecule has 0 aliphatic rings. The minimum Gasteiger partial charge on any atom is -0.493 e. The number of ether oxygens (including phenoxy) is 4. The van der Waals surface area contributed by atoms with E-state index in [0.717, 1.165) is 24.8 Å². The molecule has 39 heavy (non-hydrogen) atoms. The normalized spacial score (nSPS) is 14.1. The number of unbranched alkanes of at least 4 members (excludes halogenated alkanes) is 1. The van der Waals surface area contributed by atoms with Gasteiger partial charge in [0.25, 0.3) is 0 Å². The second kappa shape index (κ2) is 20.8. The van der Waals surface area contributed by atoms with Crippen molar-refractivity contribution in [3.05, 3.63) is 23.8 Å². The standard InChI is InChI=1S/C29H50N2O7.ClH/c1-20(2)24(17-23-10-11-27(36-6)28(18-23)38-15-9-13-35-5)19-25(30)26(33)16-21(3)29(34)31-12-7-8-14-37-22(4)32;/h10-11,18,20-21,24-26,33H,7-9,12-17,19,30H2,1-6H3,(H,31,34);1H/t21-,24+,25+,26+;/m1./s1. The first-order valence-corrected chi connectivity index (χ1v) is 13.7. The van der Waals surface area contributed by atoms with Gasteiger partial charge in [-0.05, 0) is 61.6 Å². The van der Waals surface area contributed by atoms with Gasteiger partial charge in [-0.3, -0.25) is 9.59 Å². The lowest BCUT2D eigenvalue weighted by Gasteiger charge is -2.28. The Kier molecular flexibility index (Phi) is 19.7. The Hall–Kier alpha value is -2.07. The van der Waals surface area contributed by atoms with Crippen LogP contribution in [0.4, 0.5) is 0 Å². The zero-order chi connectivity index (χ0) is 28.5. The second-order valence-electron chi connectivity index (χ2n) is 10.3. The lowest BCUT2D eigenvalue weighted by atomic mass is 9.82. The number of nitrogens with one attached hydrogen (secondary N) is 1. The van der Waals surface area contributed by atoms with Crippen molar-refractivity contribution in [2.45, 2.75) is 78.4 Å². The number of methoxy groups -OCH3 is 2. The van der Waals surface area contributed by atoms with Crippen LogP contribution in [0.2, 0.25) is 0 Å². The SMILES string of the molecule is COCCCOc1cc(C[C@@H](C[C@H](N)[C@@H](O)C[C@@H](C)C(=O)NCCCCOC(C)=O)C(C)C)ccc1OC.Cl. The fourth-order valence-corrected chi connectivity index (χ4v) is 4.22. The monoisotopic (exact) mass is 574 g/mol. The molecule has 0 fully saturated rings. The van der Waals surface area contributed by atoms with E-state index in [2.05, 4.69) is 19.2 Å². The molecule has 1 aromatic carbocycles. The number of hydrogen-bond donors (Lipinski definition) is 3. The van der Waals surface area contributed by atoms with Crippen molar-refractivity contribution in [1.82, 2.24) is 5.32 Å². The predicted molar refractivity (Wildman–Crippen MR) is 156 cm³/mol. The number of rotatable bonds is 20. The van der Waals surface area contributed by atoms with Crippen LogP contribution in [0.25, 0.3) is 0 Å². The molecule has 0 unspecified atom stereocenters. The largest absolute Gasteiger partial charge is 0.493 e. The molecule has 0 saturated heterocycles. The minimum absolute atomic E-state index is 0. The summed E-state index contributed by atoms with van der Waals surface area (Å²) in [5, 5.41) is 13.7. The summed E-state index contributed by atoms with van der Waals surface area (Å²) in [5.41, 5.74) is 7.55. The average molecular weight is 575 g/mol. The number of amides is 1. The molecule has 10 heteroatoms. The van der Waals surface area contributed by atoms with Crippen LogP contribution in [-0.2, 0) is 25.5 Å². The highest BCUT2D eigenvalue weighted by atomic mass is 35.5. The summed E-state index contributed by atoms with van der Waals surface area (Å²) in [6.07, 6.45) is 3.14. The molecule has 0 aliphatic heterocycles. The van der Waals surface area contributed by atoms with Crippen molar-refractivity contribution < 1.29 is 33.6 Å². The molecule has 0 aromatic heterocycles. The van der Waals surface area contributed by atoms with Gasteiger partial charge < -0.3 is 35.1 Å². The lowest BCUT2D eigenvalue weighted by molar-refractivity contribution is -0.141. The molecule has 9 nitrogen and oxygen atoms in total. The van der Waals surface area contributed by atoms with Crippen LogP contribution < -0.4 is 20.5 Å². The van der Waals surface area contributed by atoms with E-state index in [-0.39, 0.29) is 36.1 Å². The van der Waals surface area contributed by atoms with Crippen molar-refractivity contribution in [1.29, 1.82) is 0 Å². The summed E-state index contributed by atoms with van der Waals surface area (Å²) < 4.78 is 21.4. The van der Waals surface area contributed by atoms with Crippen molar-refractivity contribution in [2.75, 3.05) is 40.6 Å². The maximum Gasteiger partial charge on any atom is 0.302 e. The Morgan fingerprint density at radius 2 is 1.72 bits per heavy atom. The van der Waals surface area contributed by atoms with Crippen LogP contribution in [0, 0.1) is 17.8 Å². The van der Waals surface area contributed by atoms with Gasteiger partial charge in [-0.1, -0.05) is 26.8 Å². The highest BCUT2D eigenvalue weighted by molar-refractivity contribution is 5.85. The maximum atomic E-state index is 12.4. The van der Waals surface area contributed by atoms with Gasteiger partial charge in [0.2, 0.25) is 5.91 Å². The third kappa shape index (κ3) is 15.3. The molecule has 4 N–H and O–H groups in total. The van der Waals surface area contributed by atoms with Crippen LogP contribution in [0.15, 0.2) is 18.2 Å². The van der Waals surface area contributed by atoms with Crippen LogP contribution in [0.1, 0.15) is 65.4 Å². The molecular formula is C29H51ClN2O7. The molecule has 0 heterocycles. The van der Waals surface area contributed by atoms with Gasteiger partial charge in [-0.15, -0.1) is 12.4 Å². The topological polar surface area (TPSA) is 129 Å². The first-order chi connectivity index (χ1) is 18.1. The number of benzene rings is 1. The van der Waals surface area contributed by atoms with E-state index < -0.39 is 12.1 Å². The Balaban J connectivity index is 0.0000144. The molecule has 4 atom stereocenters. The van der Waals surface area contributed by atoms with Crippen LogP contribution in [0.3, 0.4) is 0 Å². The highest BCUT2D eigenvalue weighted by Gasteiger charge is 2.26. The number of aliphatic hydroxyl groups excluding tert-OH is 1. The maximum absolute atomic E-state index is 12.4. The highest BCUT2D eigenvalue weighted by Crippen LogP contribution is 2.31. The van der Waals surface area contributed by atoms with E-state index in [4.69, 9.17) is 24.7 Å². The molecule has 0 bridgehead atoms.